The molecule has 0 saturated heterocycles. The van der Waals surface area contributed by atoms with Gasteiger partial charge in [-0.25, -0.2) is 4.98 Å². The van der Waals surface area contributed by atoms with Gasteiger partial charge in [-0.05, 0) is 37.6 Å². The van der Waals surface area contributed by atoms with Crippen LogP contribution in [-0.2, 0) is 0 Å². The molecule has 0 aliphatic carbocycles. The highest BCUT2D eigenvalue weighted by molar-refractivity contribution is 8.16. The maximum atomic E-state index is 9.20. The summed E-state index contributed by atoms with van der Waals surface area (Å²) in [5.74, 6) is 0. The largest absolute Gasteiger partial charge is 0.245 e. The van der Waals surface area contributed by atoms with Gasteiger partial charge in [0.2, 0.25) is 0 Å². The summed E-state index contributed by atoms with van der Waals surface area (Å²) in [5.41, 5.74) is 2.66. The van der Waals surface area contributed by atoms with Crippen molar-refractivity contribution in [3.63, 3.8) is 0 Å². The van der Waals surface area contributed by atoms with E-state index in [2.05, 4.69) is 23.2 Å². The van der Waals surface area contributed by atoms with E-state index in [1.54, 1.807) is 23.5 Å². The molecule has 1 aromatic heterocycles. The molecule has 1 aromatic carbocycles. The molecule has 0 aliphatic heterocycles. The minimum atomic E-state index is 0.698. The molecule has 0 saturated carbocycles. The SMILES string of the molecule is Cc1cc(C)c(C#N)c(SCSc2ccccc2)n1. The smallest absolute Gasteiger partial charge is 0.115 e. The Balaban J connectivity index is 2.06. The van der Waals surface area contributed by atoms with Gasteiger partial charge in [-0.1, -0.05) is 30.0 Å². The van der Waals surface area contributed by atoms with Crippen molar-refractivity contribution in [2.75, 3.05) is 5.08 Å². The van der Waals surface area contributed by atoms with Crippen LogP contribution in [0.25, 0.3) is 0 Å². The maximum absolute atomic E-state index is 9.20. The van der Waals surface area contributed by atoms with Gasteiger partial charge in [0, 0.05) is 10.6 Å². The zero-order valence-corrected chi connectivity index (χ0v) is 12.5. The number of benzene rings is 1. The first-order valence-electron chi connectivity index (χ1n) is 5.89. The topological polar surface area (TPSA) is 36.7 Å². The van der Waals surface area contributed by atoms with E-state index in [0.29, 0.717) is 5.56 Å². The van der Waals surface area contributed by atoms with Crippen molar-refractivity contribution in [1.29, 1.82) is 5.26 Å². The monoisotopic (exact) mass is 286 g/mol. The van der Waals surface area contributed by atoms with Crippen molar-refractivity contribution >= 4 is 23.5 Å². The predicted molar refractivity (Wildman–Crippen MR) is 81.4 cm³/mol. The molecule has 0 amide bonds. The second-order valence-electron chi connectivity index (χ2n) is 4.09. The van der Waals surface area contributed by atoms with Crippen LogP contribution in [0.2, 0.25) is 0 Å². The molecule has 0 bridgehead atoms. The second kappa shape index (κ2) is 6.65. The van der Waals surface area contributed by atoms with Crippen LogP contribution in [0.1, 0.15) is 16.8 Å². The average Bonchev–Trinajstić information content (AvgIpc) is 2.39. The van der Waals surface area contributed by atoms with Gasteiger partial charge < -0.3 is 0 Å². The highest BCUT2D eigenvalue weighted by Gasteiger charge is 2.09. The average molecular weight is 286 g/mol. The van der Waals surface area contributed by atoms with Gasteiger partial charge in [-0.3, -0.25) is 0 Å². The van der Waals surface area contributed by atoms with Gasteiger partial charge in [0.1, 0.15) is 11.1 Å². The van der Waals surface area contributed by atoms with Crippen molar-refractivity contribution in [2.24, 2.45) is 0 Å². The Bertz CT molecular complexity index is 604. The number of aromatic nitrogens is 1. The molecule has 0 N–H and O–H groups in total. The Morgan fingerprint density at radius 1 is 1.16 bits per heavy atom. The molecule has 96 valence electrons. The first-order chi connectivity index (χ1) is 9.20. The summed E-state index contributed by atoms with van der Waals surface area (Å²) in [6.07, 6.45) is 0. The summed E-state index contributed by atoms with van der Waals surface area (Å²) in [6, 6.07) is 14.4. The van der Waals surface area contributed by atoms with E-state index < -0.39 is 0 Å². The molecule has 0 aliphatic rings. The number of pyridine rings is 1. The molecule has 2 nitrogen and oxygen atoms in total. The molecule has 0 fully saturated rings. The van der Waals surface area contributed by atoms with Crippen molar-refractivity contribution in [2.45, 2.75) is 23.8 Å². The van der Waals surface area contributed by atoms with Gasteiger partial charge in [0.15, 0.2) is 0 Å². The fourth-order valence-electron chi connectivity index (χ4n) is 1.71. The Hall–Kier alpha value is -1.44. The quantitative estimate of drug-likeness (QED) is 0.616. The number of rotatable bonds is 4. The Morgan fingerprint density at radius 3 is 2.58 bits per heavy atom. The molecule has 19 heavy (non-hydrogen) atoms. The van der Waals surface area contributed by atoms with Crippen LogP contribution in [0.15, 0.2) is 46.3 Å². The van der Waals surface area contributed by atoms with E-state index in [1.165, 1.54) is 4.90 Å². The Labute approximate surface area is 122 Å². The zero-order chi connectivity index (χ0) is 13.7. The third kappa shape index (κ3) is 3.76. The van der Waals surface area contributed by atoms with Crippen LogP contribution in [-0.4, -0.2) is 10.1 Å². The van der Waals surface area contributed by atoms with Crippen molar-refractivity contribution < 1.29 is 0 Å². The fraction of sp³-hybridized carbons (Fsp3) is 0.200. The summed E-state index contributed by atoms with van der Waals surface area (Å²) in [6.45, 7) is 3.92. The molecule has 0 spiro atoms. The van der Waals surface area contributed by atoms with Gasteiger partial charge in [-0.15, -0.1) is 11.8 Å². The molecular weight excluding hydrogens is 272 g/mol. The fourth-order valence-corrected chi connectivity index (χ4v) is 3.85. The standard InChI is InChI=1S/C15H14N2S2/c1-11-8-12(2)17-15(14(11)9-16)19-10-18-13-6-4-3-5-7-13/h3-8H,10H2,1-2H3. The molecule has 2 rings (SSSR count). The predicted octanol–water partition coefficient (Wildman–Crippen LogP) is 4.41. The zero-order valence-electron chi connectivity index (χ0n) is 10.9. The molecule has 0 radical (unpaired) electrons. The van der Waals surface area contributed by atoms with E-state index in [0.717, 1.165) is 21.4 Å². The number of nitrogens with zero attached hydrogens (tertiary/aromatic N) is 2. The highest BCUT2D eigenvalue weighted by Crippen LogP contribution is 2.29. The van der Waals surface area contributed by atoms with Gasteiger partial charge in [-0.2, -0.15) is 5.26 Å². The van der Waals surface area contributed by atoms with E-state index in [4.69, 9.17) is 0 Å². The molecule has 0 atom stereocenters. The lowest BCUT2D eigenvalue weighted by atomic mass is 10.1. The number of hydrogen-bond donors (Lipinski definition) is 0. The van der Waals surface area contributed by atoms with Gasteiger partial charge in [0.05, 0.1) is 10.6 Å². The lowest BCUT2D eigenvalue weighted by molar-refractivity contribution is 1.03. The van der Waals surface area contributed by atoms with Crippen LogP contribution in [0.5, 0.6) is 0 Å². The third-order valence-electron chi connectivity index (χ3n) is 2.59. The highest BCUT2D eigenvalue weighted by atomic mass is 32.2. The third-order valence-corrected chi connectivity index (χ3v) is 4.70. The number of hydrogen-bond acceptors (Lipinski definition) is 4. The van der Waals surface area contributed by atoms with E-state index in [9.17, 15) is 5.26 Å². The van der Waals surface area contributed by atoms with E-state index in [1.807, 2.05) is 38.1 Å². The van der Waals surface area contributed by atoms with Crippen LogP contribution in [0.4, 0.5) is 0 Å². The normalized spacial score (nSPS) is 10.2. The first kappa shape index (κ1) is 14.0. The summed E-state index contributed by atoms with van der Waals surface area (Å²) in [5, 5.41) is 10.9. The molecule has 2 aromatic rings. The Kier molecular flexibility index (Phi) is 4.89. The summed E-state index contributed by atoms with van der Waals surface area (Å²) in [4.78, 5) is 5.70. The molecule has 4 heteroatoms. The van der Waals surface area contributed by atoms with Crippen molar-refractivity contribution in [3.05, 3.63) is 53.2 Å². The van der Waals surface area contributed by atoms with Crippen LogP contribution in [0.3, 0.4) is 0 Å². The van der Waals surface area contributed by atoms with E-state index in [-0.39, 0.29) is 0 Å². The number of aryl methyl sites for hydroxylation is 2. The van der Waals surface area contributed by atoms with Crippen LogP contribution in [0, 0.1) is 25.2 Å². The second-order valence-corrected chi connectivity index (χ2v) is 6.47. The van der Waals surface area contributed by atoms with Crippen LogP contribution < -0.4 is 0 Å². The molecule has 0 unspecified atom stereocenters. The lowest BCUT2D eigenvalue weighted by Crippen LogP contribution is -1.94. The van der Waals surface area contributed by atoms with Crippen molar-refractivity contribution in [3.8, 4) is 6.07 Å². The molecular formula is C15H14N2S2. The first-order valence-corrected chi connectivity index (χ1v) is 7.87. The van der Waals surface area contributed by atoms with Crippen LogP contribution >= 0.6 is 23.5 Å². The van der Waals surface area contributed by atoms with Crippen molar-refractivity contribution in [1.82, 2.24) is 4.98 Å². The molecule has 1 heterocycles. The minimum absolute atomic E-state index is 0.698. The number of thioether (sulfide) groups is 2. The summed E-state index contributed by atoms with van der Waals surface area (Å²) in [7, 11) is 0. The summed E-state index contributed by atoms with van der Waals surface area (Å²) < 4.78 is 0. The minimum Gasteiger partial charge on any atom is -0.245 e. The maximum Gasteiger partial charge on any atom is 0.115 e. The lowest BCUT2D eigenvalue weighted by Gasteiger charge is -2.07. The van der Waals surface area contributed by atoms with E-state index >= 15 is 0 Å². The van der Waals surface area contributed by atoms with Gasteiger partial charge in [0.25, 0.3) is 0 Å². The van der Waals surface area contributed by atoms with Gasteiger partial charge >= 0.3 is 0 Å². The Morgan fingerprint density at radius 2 is 1.89 bits per heavy atom. The number of nitriles is 1. The summed E-state index contributed by atoms with van der Waals surface area (Å²) >= 11 is 3.38.